The first kappa shape index (κ1) is 16.7. The van der Waals surface area contributed by atoms with Crippen molar-refractivity contribution in [2.75, 3.05) is 6.54 Å². The fraction of sp³-hybridized carbons (Fsp3) is 0.278. The van der Waals surface area contributed by atoms with Gasteiger partial charge < -0.3 is 0 Å². The van der Waals surface area contributed by atoms with Crippen molar-refractivity contribution in [3.05, 3.63) is 66.2 Å². The molecule has 1 unspecified atom stereocenters. The minimum Gasteiger partial charge on any atom is -0.288 e. The first-order valence-corrected chi connectivity index (χ1v) is 9.44. The molecule has 0 aliphatic carbocycles. The second-order valence-electron chi connectivity index (χ2n) is 5.90. The average Bonchev–Trinajstić information content (AvgIpc) is 3.04. The average molecular weight is 344 g/mol. The van der Waals surface area contributed by atoms with Crippen LogP contribution in [0.1, 0.15) is 18.4 Å². The zero-order valence-corrected chi connectivity index (χ0v) is 14.1. The monoisotopic (exact) mass is 344 g/mol. The van der Waals surface area contributed by atoms with Crippen LogP contribution < -0.4 is 4.72 Å². The molecule has 1 amide bonds. The smallest absolute Gasteiger partial charge is 0.264 e. The SMILES string of the molecule is O=C(NS(=O)(=O)c1ccccc1)C1CCCN1Cc1ccccc1. The molecule has 5 nitrogen and oxygen atoms in total. The molecule has 1 aliphatic heterocycles. The van der Waals surface area contributed by atoms with Gasteiger partial charge in [0.15, 0.2) is 0 Å². The summed E-state index contributed by atoms with van der Waals surface area (Å²) in [6, 6.07) is 17.4. The molecule has 0 aromatic heterocycles. The van der Waals surface area contributed by atoms with E-state index in [0.29, 0.717) is 13.0 Å². The number of sulfonamides is 1. The van der Waals surface area contributed by atoms with E-state index in [-0.39, 0.29) is 4.90 Å². The van der Waals surface area contributed by atoms with Crippen LogP contribution >= 0.6 is 0 Å². The maximum Gasteiger partial charge on any atom is 0.264 e. The van der Waals surface area contributed by atoms with E-state index in [9.17, 15) is 13.2 Å². The molecule has 126 valence electrons. The van der Waals surface area contributed by atoms with Crippen molar-refractivity contribution in [1.82, 2.24) is 9.62 Å². The Bertz CT molecular complexity index is 792. The quantitative estimate of drug-likeness (QED) is 0.903. The lowest BCUT2D eigenvalue weighted by molar-refractivity contribution is -0.123. The van der Waals surface area contributed by atoms with Crippen molar-refractivity contribution in [1.29, 1.82) is 0 Å². The number of nitrogens with zero attached hydrogens (tertiary/aromatic N) is 1. The topological polar surface area (TPSA) is 66.5 Å². The van der Waals surface area contributed by atoms with Gasteiger partial charge in [0.25, 0.3) is 15.9 Å². The van der Waals surface area contributed by atoms with Crippen LogP contribution in [0.3, 0.4) is 0 Å². The standard InChI is InChI=1S/C18H20N2O3S/c21-18(19-24(22,23)16-10-5-2-6-11-16)17-12-7-13-20(17)14-15-8-3-1-4-9-15/h1-6,8-11,17H,7,12-14H2,(H,19,21). The van der Waals surface area contributed by atoms with E-state index in [2.05, 4.69) is 4.72 Å². The zero-order valence-electron chi connectivity index (χ0n) is 13.3. The second-order valence-corrected chi connectivity index (χ2v) is 7.58. The molecule has 1 aliphatic rings. The Labute approximate surface area is 142 Å². The van der Waals surface area contributed by atoms with Crippen molar-refractivity contribution < 1.29 is 13.2 Å². The van der Waals surface area contributed by atoms with E-state index in [1.54, 1.807) is 18.2 Å². The highest BCUT2D eigenvalue weighted by Gasteiger charge is 2.33. The molecule has 1 saturated heterocycles. The number of carbonyl (C=O) groups excluding carboxylic acids is 1. The third-order valence-corrected chi connectivity index (χ3v) is 5.55. The number of amides is 1. The summed E-state index contributed by atoms with van der Waals surface area (Å²) in [6.07, 6.45) is 1.55. The molecule has 0 spiro atoms. The van der Waals surface area contributed by atoms with Crippen LogP contribution in [0, 0.1) is 0 Å². The van der Waals surface area contributed by atoms with E-state index < -0.39 is 22.0 Å². The number of benzene rings is 2. The fourth-order valence-corrected chi connectivity index (χ4v) is 4.02. The molecule has 2 aromatic carbocycles. The zero-order chi connectivity index (χ0) is 17.0. The largest absolute Gasteiger partial charge is 0.288 e. The summed E-state index contributed by atoms with van der Waals surface area (Å²) in [5.41, 5.74) is 1.11. The van der Waals surface area contributed by atoms with E-state index in [0.717, 1.165) is 18.5 Å². The Morgan fingerprint density at radius 1 is 1.04 bits per heavy atom. The Balaban J connectivity index is 1.70. The van der Waals surface area contributed by atoms with Gasteiger partial charge in [-0.25, -0.2) is 13.1 Å². The number of rotatable bonds is 5. The Hall–Kier alpha value is -2.18. The summed E-state index contributed by atoms with van der Waals surface area (Å²) in [4.78, 5) is 14.6. The molecule has 1 N–H and O–H groups in total. The maximum absolute atomic E-state index is 12.5. The van der Waals surface area contributed by atoms with E-state index >= 15 is 0 Å². The van der Waals surface area contributed by atoms with Crippen molar-refractivity contribution in [3.8, 4) is 0 Å². The van der Waals surface area contributed by atoms with Crippen LogP contribution in [0.2, 0.25) is 0 Å². The van der Waals surface area contributed by atoms with Crippen LogP contribution in [-0.2, 0) is 21.4 Å². The fourth-order valence-electron chi connectivity index (χ4n) is 2.99. The summed E-state index contributed by atoms with van der Waals surface area (Å²) in [5, 5.41) is 0. The predicted octanol–water partition coefficient (Wildman–Crippen LogP) is 2.16. The molecule has 24 heavy (non-hydrogen) atoms. The normalized spacial score (nSPS) is 18.4. The molecular weight excluding hydrogens is 324 g/mol. The van der Waals surface area contributed by atoms with Gasteiger partial charge in [-0.15, -0.1) is 0 Å². The molecule has 1 atom stereocenters. The Kier molecular flexibility index (Phi) is 4.97. The summed E-state index contributed by atoms with van der Waals surface area (Å²) < 4.78 is 26.8. The Morgan fingerprint density at radius 2 is 1.67 bits per heavy atom. The van der Waals surface area contributed by atoms with Crippen molar-refractivity contribution in [3.63, 3.8) is 0 Å². The van der Waals surface area contributed by atoms with Gasteiger partial charge in [-0.05, 0) is 37.1 Å². The van der Waals surface area contributed by atoms with Gasteiger partial charge in [-0.2, -0.15) is 0 Å². The van der Waals surface area contributed by atoms with Gasteiger partial charge in [0.2, 0.25) is 0 Å². The number of hydrogen-bond donors (Lipinski definition) is 1. The van der Waals surface area contributed by atoms with Gasteiger partial charge in [-0.1, -0.05) is 48.5 Å². The number of likely N-dealkylation sites (tertiary alicyclic amines) is 1. The summed E-state index contributed by atoms with van der Waals surface area (Å²) in [5.74, 6) is -0.452. The second kappa shape index (κ2) is 7.15. The van der Waals surface area contributed by atoms with Crippen molar-refractivity contribution in [2.45, 2.75) is 30.3 Å². The molecule has 6 heteroatoms. The lowest BCUT2D eigenvalue weighted by Crippen LogP contribution is -2.45. The van der Waals surface area contributed by atoms with Crippen molar-refractivity contribution >= 4 is 15.9 Å². The van der Waals surface area contributed by atoms with Gasteiger partial charge in [0.05, 0.1) is 10.9 Å². The minimum atomic E-state index is -3.82. The summed E-state index contributed by atoms with van der Waals surface area (Å²) in [6.45, 7) is 1.43. The van der Waals surface area contributed by atoms with Gasteiger partial charge in [0.1, 0.15) is 0 Å². The van der Waals surface area contributed by atoms with Crippen LogP contribution in [0.15, 0.2) is 65.6 Å². The lowest BCUT2D eigenvalue weighted by Gasteiger charge is -2.23. The number of hydrogen-bond acceptors (Lipinski definition) is 4. The summed E-state index contributed by atoms with van der Waals surface area (Å²) >= 11 is 0. The predicted molar refractivity (Wildman–Crippen MR) is 91.6 cm³/mol. The molecule has 3 rings (SSSR count). The van der Waals surface area contributed by atoms with E-state index in [1.807, 2.05) is 35.2 Å². The summed E-state index contributed by atoms with van der Waals surface area (Å²) in [7, 11) is -3.82. The minimum absolute atomic E-state index is 0.103. The van der Waals surface area contributed by atoms with E-state index in [4.69, 9.17) is 0 Å². The third kappa shape index (κ3) is 3.83. The molecule has 1 heterocycles. The van der Waals surface area contributed by atoms with E-state index in [1.165, 1.54) is 12.1 Å². The lowest BCUT2D eigenvalue weighted by atomic mass is 10.2. The molecule has 0 radical (unpaired) electrons. The van der Waals surface area contributed by atoms with Crippen molar-refractivity contribution in [2.24, 2.45) is 0 Å². The van der Waals surface area contributed by atoms with Gasteiger partial charge in [0, 0.05) is 6.54 Å². The number of carbonyl (C=O) groups is 1. The first-order valence-electron chi connectivity index (χ1n) is 7.96. The molecule has 0 bridgehead atoms. The molecule has 0 saturated carbocycles. The molecule has 2 aromatic rings. The van der Waals surface area contributed by atoms with Crippen LogP contribution in [0.5, 0.6) is 0 Å². The van der Waals surface area contributed by atoms with Gasteiger partial charge >= 0.3 is 0 Å². The highest BCUT2D eigenvalue weighted by atomic mass is 32.2. The van der Waals surface area contributed by atoms with Crippen LogP contribution in [0.4, 0.5) is 0 Å². The molecule has 1 fully saturated rings. The Morgan fingerprint density at radius 3 is 2.33 bits per heavy atom. The van der Waals surface area contributed by atoms with Crippen LogP contribution in [-0.4, -0.2) is 31.8 Å². The maximum atomic E-state index is 12.5. The van der Waals surface area contributed by atoms with Crippen LogP contribution in [0.25, 0.3) is 0 Å². The van der Waals surface area contributed by atoms with Gasteiger partial charge in [-0.3, -0.25) is 9.69 Å². The molecular formula is C18H20N2O3S. The third-order valence-electron chi connectivity index (χ3n) is 4.18. The highest BCUT2D eigenvalue weighted by molar-refractivity contribution is 7.90. The highest BCUT2D eigenvalue weighted by Crippen LogP contribution is 2.21. The number of nitrogens with one attached hydrogen (secondary N) is 1. The first-order chi connectivity index (χ1) is 11.6.